The second-order valence-electron chi connectivity index (χ2n) is 8.38. The highest BCUT2D eigenvalue weighted by atomic mass is 19.4. The highest BCUT2D eigenvalue weighted by molar-refractivity contribution is 5.70. The molecule has 198 valence electrons. The number of carboxylic acid groups (broad SMARTS) is 1. The van der Waals surface area contributed by atoms with Crippen LogP contribution in [0.4, 0.5) is 22.4 Å². The number of rotatable bonds is 10. The summed E-state index contributed by atoms with van der Waals surface area (Å²) >= 11 is 0. The molecule has 3 rings (SSSR count). The summed E-state index contributed by atoms with van der Waals surface area (Å²) in [5.41, 5.74) is -1.10. The number of nitrogens with one attached hydrogen (secondary N) is 1. The molecule has 36 heavy (non-hydrogen) atoms. The minimum absolute atomic E-state index is 0.0240. The highest BCUT2D eigenvalue weighted by Crippen LogP contribution is 2.38. The lowest BCUT2D eigenvalue weighted by Crippen LogP contribution is -2.30. The van der Waals surface area contributed by atoms with Crippen molar-refractivity contribution in [3.63, 3.8) is 0 Å². The van der Waals surface area contributed by atoms with Gasteiger partial charge in [0.25, 0.3) is 0 Å². The molecule has 0 saturated heterocycles. The molecule has 2 aromatic rings. The van der Waals surface area contributed by atoms with Crippen molar-refractivity contribution < 1.29 is 41.7 Å². The number of aryl methyl sites for hydroxylation is 1. The fourth-order valence-corrected chi connectivity index (χ4v) is 3.87. The third-order valence-electron chi connectivity index (χ3n) is 5.74. The number of halogens is 4. The smallest absolute Gasteiger partial charge is 0.437 e. The summed E-state index contributed by atoms with van der Waals surface area (Å²) in [7, 11) is 1.50. The fourth-order valence-electron chi connectivity index (χ4n) is 3.87. The van der Waals surface area contributed by atoms with Crippen LogP contribution in [-0.4, -0.2) is 56.5 Å². The summed E-state index contributed by atoms with van der Waals surface area (Å²) in [6.07, 6.45) is -4.16. The lowest BCUT2D eigenvalue weighted by atomic mass is 9.87. The van der Waals surface area contributed by atoms with Crippen LogP contribution in [0.1, 0.15) is 49.9 Å². The normalized spacial score (nSPS) is 18.0. The Bertz CT molecular complexity index is 1060. The monoisotopic (exact) mass is 517 g/mol. The maximum Gasteiger partial charge on any atom is 0.437 e. The SMILES string of the molecule is Cn1nnc(-c2ccc(O[C@H]3CCC[C@H](C(=O)O)C3)c(C(F)(F)F)n2)c1CNC(=O)OCCCCF. The number of alkyl halides is 4. The Morgan fingerprint density at radius 1 is 1.25 bits per heavy atom. The molecule has 0 radical (unpaired) electrons. The molecular weight excluding hydrogens is 490 g/mol. The van der Waals surface area contributed by atoms with E-state index in [0.717, 1.165) is 6.07 Å². The van der Waals surface area contributed by atoms with Gasteiger partial charge >= 0.3 is 18.2 Å². The Labute approximate surface area is 204 Å². The molecule has 0 aromatic carbocycles. The number of amides is 1. The van der Waals surface area contributed by atoms with Crippen LogP contribution in [-0.2, 0) is 29.3 Å². The number of carboxylic acids is 1. The van der Waals surface area contributed by atoms with E-state index < -0.39 is 48.4 Å². The minimum Gasteiger partial charge on any atom is -0.488 e. The van der Waals surface area contributed by atoms with Crippen LogP contribution in [0.2, 0.25) is 0 Å². The van der Waals surface area contributed by atoms with E-state index in [-0.39, 0.29) is 43.1 Å². The van der Waals surface area contributed by atoms with Crippen molar-refractivity contribution in [2.24, 2.45) is 13.0 Å². The number of pyridine rings is 1. The molecule has 2 N–H and O–H groups in total. The Balaban J connectivity index is 1.78. The van der Waals surface area contributed by atoms with Crippen LogP contribution >= 0.6 is 0 Å². The van der Waals surface area contributed by atoms with Crippen LogP contribution in [0.3, 0.4) is 0 Å². The van der Waals surface area contributed by atoms with Crippen LogP contribution in [0.25, 0.3) is 11.4 Å². The lowest BCUT2D eigenvalue weighted by molar-refractivity contribution is -0.146. The number of alkyl carbamates (subject to hydrolysis) is 1. The fraction of sp³-hybridized carbons (Fsp3) is 0.591. The molecule has 2 heterocycles. The zero-order valence-corrected chi connectivity index (χ0v) is 19.6. The van der Waals surface area contributed by atoms with Gasteiger partial charge < -0.3 is 19.9 Å². The van der Waals surface area contributed by atoms with Gasteiger partial charge in [-0.2, -0.15) is 13.2 Å². The zero-order valence-electron chi connectivity index (χ0n) is 19.6. The first-order valence-corrected chi connectivity index (χ1v) is 11.4. The van der Waals surface area contributed by atoms with Crippen LogP contribution < -0.4 is 10.1 Å². The first-order valence-electron chi connectivity index (χ1n) is 11.4. The van der Waals surface area contributed by atoms with Gasteiger partial charge in [-0.25, -0.2) is 14.5 Å². The van der Waals surface area contributed by atoms with Crippen LogP contribution in [0.15, 0.2) is 12.1 Å². The van der Waals surface area contributed by atoms with E-state index in [9.17, 15) is 32.3 Å². The van der Waals surface area contributed by atoms with Gasteiger partial charge in [0.05, 0.1) is 43.2 Å². The Morgan fingerprint density at radius 3 is 2.72 bits per heavy atom. The Morgan fingerprint density at radius 2 is 2.03 bits per heavy atom. The zero-order chi connectivity index (χ0) is 26.3. The summed E-state index contributed by atoms with van der Waals surface area (Å²) in [5, 5.41) is 19.4. The average molecular weight is 517 g/mol. The number of aromatic nitrogens is 4. The Kier molecular flexibility index (Phi) is 9.04. The summed E-state index contributed by atoms with van der Waals surface area (Å²) in [6, 6.07) is 2.42. The molecule has 0 bridgehead atoms. The number of carbonyl (C=O) groups excluding carboxylic acids is 1. The predicted octanol–water partition coefficient (Wildman–Crippen LogP) is 3.89. The van der Waals surface area contributed by atoms with E-state index in [1.807, 2.05) is 0 Å². The highest BCUT2D eigenvalue weighted by Gasteiger charge is 2.38. The molecule has 2 aromatic heterocycles. The average Bonchev–Trinajstić information content (AvgIpc) is 3.20. The van der Waals surface area contributed by atoms with E-state index in [4.69, 9.17) is 9.47 Å². The van der Waals surface area contributed by atoms with Gasteiger partial charge in [0.2, 0.25) is 0 Å². The van der Waals surface area contributed by atoms with Gasteiger partial charge in [0, 0.05) is 7.05 Å². The van der Waals surface area contributed by atoms with Crippen molar-refractivity contribution in [3.8, 4) is 17.1 Å². The van der Waals surface area contributed by atoms with Crippen molar-refractivity contribution in [3.05, 3.63) is 23.5 Å². The van der Waals surface area contributed by atoms with E-state index >= 15 is 0 Å². The number of hydrogen-bond acceptors (Lipinski definition) is 7. The second-order valence-corrected chi connectivity index (χ2v) is 8.38. The number of ether oxygens (including phenoxy) is 2. The third kappa shape index (κ3) is 7.04. The number of carbonyl (C=O) groups is 2. The van der Waals surface area contributed by atoms with E-state index in [1.54, 1.807) is 0 Å². The maximum atomic E-state index is 13.9. The number of nitrogens with zero attached hydrogens (tertiary/aromatic N) is 4. The lowest BCUT2D eigenvalue weighted by Gasteiger charge is -2.28. The molecule has 1 saturated carbocycles. The van der Waals surface area contributed by atoms with Gasteiger partial charge in [-0.3, -0.25) is 9.18 Å². The summed E-state index contributed by atoms with van der Waals surface area (Å²) < 4.78 is 65.5. The second kappa shape index (κ2) is 12.0. The van der Waals surface area contributed by atoms with Crippen molar-refractivity contribution in [1.82, 2.24) is 25.3 Å². The molecule has 0 unspecified atom stereocenters. The third-order valence-corrected chi connectivity index (χ3v) is 5.74. The molecule has 10 nitrogen and oxygen atoms in total. The summed E-state index contributed by atoms with van der Waals surface area (Å²) in [5.74, 6) is -2.17. The molecule has 1 amide bonds. The van der Waals surface area contributed by atoms with Gasteiger partial charge in [-0.1, -0.05) is 5.21 Å². The molecule has 0 aliphatic heterocycles. The number of aliphatic carboxylic acids is 1. The first kappa shape index (κ1) is 27.1. The van der Waals surface area contributed by atoms with Crippen molar-refractivity contribution in [2.45, 2.75) is 57.3 Å². The molecule has 1 aliphatic carbocycles. The predicted molar refractivity (Wildman–Crippen MR) is 117 cm³/mol. The van der Waals surface area contributed by atoms with Crippen LogP contribution in [0, 0.1) is 5.92 Å². The number of unbranched alkanes of at least 4 members (excludes halogenated alkanes) is 1. The minimum atomic E-state index is -4.85. The van der Waals surface area contributed by atoms with Gasteiger partial charge in [0.15, 0.2) is 11.4 Å². The van der Waals surface area contributed by atoms with Crippen molar-refractivity contribution >= 4 is 12.1 Å². The van der Waals surface area contributed by atoms with Crippen molar-refractivity contribution in [2.75, 3.05) is 13.3 Å². The van der Waals surface area contributed by atoms with Crippen LogP contribution in [0.5, 0.6) is 5.75 Å². The molecule has 1 aliphatic rings. The van der Waals surface area contributed by atoms with Gasteiger partial charge in [-0.05, 0) is 50.7 Å². The van der Waals surface area contributed by atoms with Crippen molar-refractivity contribution in [1.29, 1.82) is 0 Å². The first-order chi connectivity index (χ1) is 17.1. The van der Waals surface area contributed by atoms with E-state index in [1.165, 1.54) is 17.8 Å². The summed E-state index contributed by atoms with van der Waals surface area (Å²) in [6.45, 7) is -0.644. The van der Waals surface area contributed by atoms with E-state index in [2.05, 4.69) is 20.6 Å². The molecule has 2 atom stereocenters. The largest absolute Gasteiger partial charge is 0.488 e. The van der Waals surface area contributed by atoms with E-state index in [0.29, 0.717) is 25.7 Å². The topological polar surface area (TPSA) is 128 Å². The molecular formula is C22H27F4N5O5. The van der Waals surface area contributed by atoms with Gasteiger partial charge in [-0.15, -0.1) is 5.10 Å². The standard InChI is InChI=1S/C22H27F4N5O5/c1-31-16(12-27-21(34)35-10-3-2-9-23)18(29-30-31)15-7-8-17(19(28-15)22(24,25)26)36-14-6-4-5-13(11-14)20(32)33/h7-8,13-14H,2-6,9-12H2,1H3,(H,27,34)(H,32,33)/t13-,14-/m0/s1. The number of hydrogen-bond donors (Lipinski definition) is 2. The van der Waals surface area contributed by atoms with Gasteiger partial charge in [0.1, 0.15) is 5.69 Å². The molecule has 14 heteroatoms. The quantitative estimate of drug-likeness (QED) is 0.359. The molecule has 1 fully saturated rings. The maximum absolute atomic E-state index is 13.9. The summed E-state index contributed by atoms with van der Waals surface area (Å²) in [4.78, 5) is 26.9. The Hall–Kier alpha value is -3.45. The molecule has 0 spiro atoms.